The summed E-state index contributed by atoms with van der Waals surface area (Å²) < 4.78 is 5.08. The number of carbonyl (C=O) groups is 2. The third kappa shape index (κ3) is 5.17. The van der Waals surface area contributed by atoms with Crippen LogP contribution in [0.3, 0.4) is 0 Å². The topological polar surface area (TPSA) is 80.3 Å². The Bertz CT molecular complexity index is 939. The molecule has 7 heteroatoms. The summed E-state index contributed by atoms with van der Waals surface area (Å²) in [5.41, 5.74) is 2.17. The zero-order valence-electron chi connectivity index (χ0n) is 15.6. The second-order valence-electron chi connectivity index (χ2n) is 6.20. The number of nitrogens with zero attached hydrogens (tertiary/aromatic N) is 1. The molecule has 3 aromatic rings. The van der Waals surface area contributed by atoms with Gasteiger partial charge in [-0.1, -0.05) is 30.3 Å². The molecule has 1 atom stereocenters. The summed E-state index contributed by atoms with van der Waals surface area (Å²) in [7, 11) is 1.57. The van der Waals surface area contributed by atoms with Crippen molar-refractivity contribution in [2.45, 2.75) is 19.4 Å². The maximum absolute atomic E-state index is 12.3. The van der Waals surface area contributed by atoms with Gasteiger partial charge in [0, 0.05) is 10.9 Å². The minimum absolute atomic E-state index is 0.0819. The predicted octanol–water partition coefficient (Wildman–Crippen LogP) is 3.82. The molecule has 2 amide bonds. The molecule has 3 rings (SSSR count). The minimum Gasteiger partial charge on any atom is -0.497 e. The van der Waals surface area contributed by atoms with Gasteiger partial charge >= 0.3 is 0 Å². The van der Waals surface area contributed by atoms with E-state index >= 15 is 0 Å². The first-order valence-electron chi connectivity index (χ1n) is 8.79. The lowest BCUT2D eigenvalue weighted by molar-refractivity contribution is -0.121. The van der Waals surface area contributed by atoms with Crippen molar-refractivity contribution >= 4 is 28.3 Å². The highest BCUT2D eigenvalue weighted by atomic mass is 32.1. The Labute approximate surface area is 167 Å². The molecule has 0 aliphatic carbocycles. The van der Waals surface area contributed by atoms with Crippen LogP contribution in [0.4, 0.5) is 5.13 Å². The molecule has 0 aliphatic heterocycles. The van der Waals surface area contributed by atoms with Crippen LogP contribution in [0.25, 0.3) is 0 Å². The van der Waals surface area contributed by atoms with Crippen molar-refractivity contribution in [3.63, 3.8) is 0 Å². The van der Waals surface area contributed by atoms with Crippen LogP contribution in [0.15, 0.2) is 60.0 Å². The summed E-state index contributed by atoms with van der Waals surface area (Å²) in [4.78, 5) is 28.9. The Morgan fingerprint density at radius 3 is 2.50 bits per heavy atom. The van der Waals surface area contributed by atoms with Gasteiger partial charge in [-0.3, -0.25) is 14.9 Å². The average Bonchev–Trinajstić information content (AvgIpc) is 3.15. The van der Waals surface area contributed by atoms with E-state index in [0.29, 0.717) is 22.1 Å². The van der Waals surface area contributed by atoms with Crippen LogP contribution in [-0.4, -0.2) is 23.9 Å². The highest BCUT2D eigenvalue weighted by Crippen LogP contribution is 2.19. The van der Waals surface area contributed by atoms with Gasteiger partial charge in [-0.2, -0.15) is 0 Å². The van der Waals surface area contributed by atoms with Crippen molar-refractivity contribution < 1.29 is 14.3 Å². The van der Waals surface area contributed by atoms with Gasteiger partial charge in [-0.05, 0) is 36.8 Å². The summed E-state index contributed by atoms with van der Waals surface area (Å²) in [5.74, 6) is 0.309. The quantitative estimate of drug-likeness (QED) is 0.637. The van der Waals surface area contributed by atoms with Gasteiger partial charge in [0.05, 0.1) is 25.3 Å². The number of hydrogen-bond acceptors (Lipinski definition) is 5. The first-order chi connectivity index (χ1) is 13.5. The number of thiazole rings is 1. The van der Waals surface area contributed by atoms with Crippen molar-refractivity contribution in [3.05, 3.63) is 76.8 Å². The minimum atomic E-state index is -0.259. The van der Waals surface area contributed by atoms with Crippen molar-refractivity contribution in [1.29, 1.82) is 0 Å². The smallest absolute Gasteiger partial charge is 0.257 e. The SMILES string of the molecule is COc1ccc(C(=O)Nc2nc(CC(=O)NC(C)c3ccccc3)cs2)cc1. The number of anilines is 1. The molecule has 1 heterocycles. The Kier molecular flexibility index (Phi) is 6.39. The fourth-order valence-electron chi connectivity index (χ4n) is 2.64. The van der Waals surface area contributed by atoms with Crippen molar-refractivity contribution in [3.8, 4) is 5.75 Å². The standard InChI is InChI=1S/C21H21N3O3S/c1-14(15-6-4-3-5-7-15)22-19(25)12-17-13-28-21(23-17)24-20(26)16-8-10-18(27-2)11-9-16/h3-11,13-14H,12H2,1-2H3,(H,22,25)(H,23,24,26). The molecular weight excluding hydrogens is 374 g/mol. The number of rotatable bonds is 7. The summed E-state index contributed by atoms with van der Waals surface area (Å²) in [6, 6.07) is 16.5. The van der Waals surface area contributed by atoms with Gasteiger partial charge in [-0.25, -0.2) is 4.98 Å². The number of nitrogens with one attached hydrogen (secondary N) is 2. The fraction of sp³-hybridized carbons (Fsp3) is 0.190. The third-order valence-corrected chi connectivity index (χ3v) is 4.95. The van der Waals surface area contributed by atoms with Gasteiger partial charge in [0.1, 0.15) is 5.75 Å². The van der Waals surface area contributed by atoms with Crippen LogP contribution in [-0.2, 0) is 11.2 Å². The molecule has 0 spiro atoms. The monoisotopic (exact) mass is 395 g/mol. The lowest BCUT2D eigenvalue weighted by Crippen LogP contribution is -2.28. The maximum Gasteiger partial charge on any atom is 0.257 e. The van der Waals surface area contributed by atoms with E-state index in [1.165, 1.54) is 11.3 Å². The van der Waals surface area contributed by atoms with Crippen molar-refractivity contribution in [1.82, 2.24) is 10.3 Å². The number of methoxy groups -OCH3 is 1. The molecule has 1 aromatic heterocycles. The molecule has 0 saturated carbocycles. The molecule has 144 valence electrons. The van der Waals surface area contributed by atoms with E-state index in [2.05, 4.69) is 15.6 Å². The first-order valence-corrected chi connectivity index (χ1v) is 9.67. The number of carbonyl (C=O) groups excluding carboxylic acids is 2. The first kappa shape index (κ1) is 19.6. The van der Waals surface area contributed by atoms with Crippen molar-refractivity contribution in [2.75, 3.05) is 12.4 Å². The van der Waals surface area contributed by atoms with Gasteiger partial charge in [0.15, 0.2) is 5.13 Å². The summed E-state index contributed by atoms with van der Waals surface area (Å²) in [6.45, 7) is 1.94. The number of amides is 2. The molecule has 0 fully saturated rings. The lowest BCUT2D eigenvalue weighted by atomic mass is 10.1. The summed E-state index contributed by atoms with van der Waals surface area (Å²) >= 11 is 1.29. The normalized spacial score (nSPS) is 11.5. The number of aromatic nitrogens is 1. The van der Waals surface area contributed by atoms with E-state index in [0.717, 1.165) is 5.56 Å². The van der Waals surface area contributed by atoms with Crippen LogP contribution in [0.5, 0.6) is 5.75 Å². The van der Waals surface area contributed by atoms with E-state index in [1.807, 2.05) is 37.3 Å². The van der Waals surface area contributed by atoms with E-state index < -0.39 is 0 Å². The Morgan fingerprint density at radius 1 is 1.11 bits per heavy atom. The fourth-order valence-corrected chi connectivity index (χ4v) is 3.34. The Balaban J connectivity index is 1.54. The lowest BCUT2D eigenvalue weighted by Gasteiger charge is -2.13. The highest BCUT2D eigenvalue weighted by molar-refractivity contribution is 7.14. The summed E-state index contributed by atoms with van der Waals surface area (Å²) in [5, 5.41) is 7.94. The molecule has 28 heavy (non-hydrogen) atoms. The Morgan fingerprint density at radius 2 is 1.82 bits per heavy atom. The molecule has 2 aromatic carbocycles. The highest BCUT2D eigenvalue weighted by Gasteiger charge is 2.13. The number of hydrogen-bond donors (Lipinski definition) is 2. The molecular formula is C21H21N3O3S. The average molecular weight is 395 g/mol. The van der Waals surface area contributed by atoms with E-state index in [9.17, 15) is 9.59 Å². The molecule has 0 aliphatic rings. The van der Waals surface area contributed by atoms with Gasteiger partial charge in [0.25, 0.3) is 5.91 Å². The molecule has 6 nitrogen and oxygen atoms in total. The molecule has 2 N–H and O–H groups in total. The predicted molar refractivity (Wildman–Crippen MR) is 110 cm³/mol. The van der Waals surface area contributed by atoms with E-state index in [4.69, 9.17) is 4.74 Å². The van der Waals surface area contributed by atoms with Crippen LogP contribution in [0.1, 0.15) is 34.6 Å². The van der Waals surface area contributed by atoms with E-state index in [-0.39, 0.29) is 24.3 Å². The zero-order valence-corrected chi connectivity index (χ0v) is 16.5. The number of ether oxygens (including phenoxy) is 1. The van der Waals surface area contributed by atoms with Gasteiger partial charge in [-0.15, -0.1) is 11.3 Å². The van der Waals surface area contributed by atoms with Gasteiger partial charge < -0.3 is 10.1 Å². The van der Waals surface area contributed by atoms with Crippen LogP contribution in [0.2, 0.25) is 0 Å². The Hall–Kier alpha value is -3.19. The third-order valence-electron chi connectivity index (χ3n) is 4.14. The molecule has 0 saturated heterocycles. The van der Waals surface area contributed by atoms with E-state index in [1.54, 1.807) is 36.8 Å². The molecule has 1 unspecified atom stereocenters. The zero-order chi connectivity index (χ0) is 19.9. The van der Waals surface area contributed by atoms with Crippen LogP contribution >= 0.6 is 11.3 Å². The van der Waals surface area contributed by atoms with Crippen LogP contribution in [0, 0.1) is 0 Å². The number of benzene rings is 2. The van der Waals surface area contributed by atoms with Crippen LogP contribution < -0.4 is 15.4 Å². The second kappa shape index (κ2) is 9.14. The summed E-state index contributed by atoms with van der Waals surface area (Å²) in [6.07, 6.45) is 0.159. The second-order valence-corrected chi connectivity index (χ2v) is 7.06. The molecule has 0 bridgehead atoms. The van der Waals surface area contributed by atoms with Gasteiger partial charge in [0.2, 0.25) is 5.91 Å². The van der Waals surface area contributed by atoms with Crippen molar-refractivity contribution in [2.24, 2.45) is 0 Å². The maximum atomic E-state index is 12.3. The molecule has 0 radical (unpaired) electrons. The largest absolute Gasteiger partial charge is 0.497 e.